The van der Waals surface area contributed by atoms with Crippen LogP contribution in [0.15, 0.2) is 12.7 Å². The predicted octanol–water partition coefficient (Wildman–Crippen LogP) is 2.33. The molecule has 0 saturated carbocycles. The maximum atomic E-state index is 12.1. The van der Waals surface area contributed by atoms with Crippen LogP contribution in [0.4, 0.5) is 0 Å². The monoisotopic (exact) mass is 292 g/mol. The molecule has 6 nitrogen and oxygen atoms in total. The van der Waals surface area contributed by atoms with Crippen molar-refractivity contribution in [2.45, 2.75) is 32.8 Å². The number of hydrogen-bond acceptors (Lipinski definition) is 6. The molecule has 0 rings (SSSR count). The maximum Gasteiger partial charge on any atom is 0.341 e. The second-order valence-electron chi connectivity index (χ2n) is 3.64. The van der Waals surface area contributed by atoms with Gasteiger partial charge in [-0.3, -0.25) is 9.36 Å². The molecule has 0 aromatic heterocycles. The molecule has 19 heavy (non-hydrogen) atoms. The Bertz CT molecular complexity index is 321. The van der Waals surface area contributed by atoms with Crippen molar-refractivity contribution < 1.29 is 27.9 Å². The van der Waals surface area contributed by atoms with Crippen molar-refractivity contribution in [1.82, 2.24) is 0 Å². The van der Waals surface area contributed by atoms with E-state index in [1.807, 2.05) is 0 Å². The first-order valence-electron chi connectivity index (χ1n) is 6.13. The lowest BCUT2D eigenvalue weighted by Crippen LogP contribution is -2.21. The van der Waals surface area contributed by atoms with Crippen LogP contribution >= 0.6 is 7.60 Å². The van der Waals surface area contributed by atoms with E-state index >= 15 is 0 Å². The topological polar surface area (TPSA) is 78.9 Å². The van der Waals surface area contributed by atoms with Crippen molar-refractivity contribution in [3.05, 3.63) is 12.7 Å². The van der Waals surface area contributed by atoms with Crippen molar-refractivity contribution in [3.8, 4) is 0 Å². The summed E-state index contributed by atoms with van der Waals surface area (Å²) < 4.78 is 27.1. The second kappa shape index (κ2) is 9.89. The average Bonchev–Trinajstić information content (AvgIpc) is 2.29. The molecule has 0 bridgehead atoms. The van der Waals surface area contributed by atoms with Crippen molar-refractivity contribution in [1.29, 1.82) is 0 Å². The number of esters is 1. The summed E-state index contributed by atoms with van der Waals surface area (Å²) in [5, 5.41) is 0. The highest BCUT2D eigenvalue weighted by Crippen LogP contribution is 2.47. The van der Waals surface area contributed by atoms with Crippen molar-refractivity contribution in [2.75, 3.05) is 19.4 Å². The highest BCUT2D eigenvalue weighted by molar-refractivity contribution is 7.54. The Morgan fingerprint density at radius 1 is 1.26 bits per heavy atom. The highest BCUT2D eigenvalue weighted by Gasteiger charge is 2.29. The molecule has 0 radical (unpaired) electrons. The Balaban J connectivity index is 4.50. The van der Waals surface area contributed by atoms with E-state index in [1.165, 1.54) is 0 Å². The van der Waals surface area contributed by atoms with Crippen LogP contribution in [0.2, 0.25) is 0 Å². The summed E-state index contributed by atoms with van der Waals surface area (Å²) in [6.45, 7) is 7.18. The highest BCUT2D eigenvalue weighted by atomic mass is 31.2. The fraction of sp³-hybridized carbons (Fsp3) is 0.667. The number of hydrogen-bond donors (Lipinski definition) is 0. The van der Waals surface area contributed by atoms with E-state index in [1.54, 1.807) is 19.9 Å². The molecule has 0 aliphatic heterocycles. The van der Waals surface area contributed by atoms with Crippen LogP contribution in [0.5, 0.6) is 0 Å². The standard InChI is InChI=1S/C12H21O6P/c1-4-7-11(8-9-13)18-12(14)10-19(15,16-5-2)17-6-3/h4,9,11H,1,5-8,10H2,2-3H3/t11-/m0/s1. The van der Waals surface area contributed by atoms with Gasteiger partial charge >= 0.3 is 13.6 Å². The van der Waals surface area contributed by atoms with Gasteiger partial charge in [-0.2, -0.15) is 0 Å². The van der Waals surface area contributed by atoms with Gasteiger partial charge < -0.3 is 18.6 Å². The predicted molar refractivity (Wildman–Crippen MR) is 71.1 cm³/mol. The van der Waals surface area contributed by atoms with E-state index in [2.05, 4.69) is 6.58 Å². The van der Waals surface area contributed by atoms with Gasteiger partial charge in [0.05, 0.1) is 13.2 Å². The third kappa shape index (κ3) is 7.93. The van der Waals surface area contributed by atoms with Gasteiger partial charge in [0.2, 0.25) is 0 Å². The Labute approximate surface area is 113 Å². The van der Waals surface area contributed by atoms with Gasteiger partial charge in [0.15, 0.2) is 0 Å². The molecule has 7 heteroatoms. The van der Waals surface area contributed by atoms with E-state index in [-0.39, 0.29) is 19.6 Å². The van der Waals surface area contributed by atoms with Crippen molar-refractivity contribution in [3.63, 3.8) is 0 Å². The van der Waals surface area contributed by atoms with Gasteiger partial charge in [-0.1, -0.05) is 6.08 Å². The Morgan fingerprint density at radius 2 is 1.84 bits per heavy atom. The molecule has 0 saturated heterocycles. The molecule has 110 valence electrons. The van der Waals surface area contributed by atoms with Crippen LogP contribution in [0.3, 0.4) is 0 Å². The second-order valence-corrected chi connectivity index (χ2v) is 5.70. The Kier molecular flexibility index (Phi) is 9.39. The number of carbonyl (C=O) groups is 2. The van der Waals surface area contributed by atoms with Crippen LogP contribution in [0.25, 0.3) is 0 Å². The molecule has 0 aliphatic carbocycles. The lowest BCUT2D eigenvalue weighted by Gasteiger charge is -2.18. The molecule has 0 aliphatic rings. The quantitative estimate of drug-likeness (QED) is 0.252. The number of ether oxygens (including phenoxy) is 1. The zero-order valence-electron chi connectivity index (χ0n) is 11.4. The fourth-order valence-electron chi connectivity index (χ4n) is 1.39. The van der Waals surface area contributed by atoms with Crippen LogP contribution in [0, 0.1) is 0 Å². The first kappa shape index (κ1) is 18.0. The minimum absolute atomic E-state index is 0.0747. The average molecular weight is 292 g/mol. The summed E-state index contributed by atoms with van der Waals surface area (Å²) in [5.74, 6) is -0.709. The van der Waals surface area contributed by atoms with Gasteiger partial charge in [-0.25, -0.2) is 0 Å². The SMILES string of the molecule is C=CC[C@@H](CC=O)OC(=O)CP(=O)(OCC)OCC. The molecule has 0 heterocycles. The van der Waals surface area contributed by atoms with Gasteiger partial charge in [0.1, 0.15) is 18.6 Å². The van der Waals surface area contributed by atoms with Crippen molar-refractivity contribution >= 4 is 19.9 Å². The summed E-state index contributed by atoms with van der Waals surface area (Å²) in [5.41, 5.74) is 0. The number of rotatable bonds is 11. The first-order chi connectivity index (χ1) is 9.01. The molecule has 1 atom stereocenters. The number of carbonyl (C=O) groups excluding carboxylic acids is 2. The molecule has 0 spiro atoms. The molecule has 0 amide bonds. The molecule has 0 fully saturated rings. The first-order valence-corrected chi connectivity index (χ1v) is 7.86. The summed E-state index contributed by atoms with van der Waals surface area (Å²) in [4.78, 5) is 22.1. The van der Waals surface area contributed by atoms with E-state index in [0.29, 0.717) is 12.7 Å². The smallest absolute Gasteiger partial charge is 0.341 e. The summed E-state index contributed by atoms with van der Waals surface area (Å²) >= 11 is 0. The van der Waals surface area contributed by atoms with E-state index in [0.717, 1.165) is 0 Å². The van der Waals surface area contributed by atoms with Gasteiger partial charge in [0.25, 0.3) is 0 Å². The third-order valence-corrected chi connectivity index (χ3v) is 4.01. The Morgan fingerprint density at radius 3 is 2.26 bits per heavy atom. The van der Waals surface area contributed by atoms with Gasteiger partial charge in [0, 0.05) is 12.8 Å². The maximum absolute atomic E-state index is 12.1. The van der Waals surface area contributed by atoms with Crippen LogP contribution < -0.4 is 0 Å². The lowest BCUT2D eigenvalue weighted by molar-refractivity contribution is -0.146. The lowest BCUT2D eigenvalue weighted by atomic mass is 10.2. The molecule has 0 aromatic rings. The molecule has 0 N–H and O–H groups in total. The van der Waals surface area contributed by atoms with E-state index in [9.17, 15) is 14.2 Å². The number of aldehydes is 1. The van der Waals surface area contributed by atoms with Gasteiger partial charge in [-0.05, 0) is 13.8 Å². The fourth-order valence-corrected chi connectivity index (χ4v) is 2.82. The summed E-state index contributed by atoms with van der Waals surface area (Å²) in [6.07, 6.45) is 1.60. The summed E-state index contributed by atoms with van der Waals surface area (Å²) in [6, 6.07) is 0. The molecular formula is C12H21O6P. The minimum atomic E-state index is -3.46. The normalized spacial score (nSPS) is 12.7. The van der Waals surface area contributed by atoms with Crippen LogP contribution in [-0.4, -0.2) is 37.7 Å². The molecule has 0 unspecified atom stereocenters. The van der Waals surface area contributed by atoms with Crippen LogP contribution in [-0.2, 0) is 27.9 Å². The largest absolute Gasteiger partial charge is 0.461 e. The van der Waals surface area contributed by atoms with Gasteiger partial charge in [-0.15, -0.1) is 6.58 Å². The zero-order valence-corrected chi connectivity index (χ0v) is 12.3. The minimum Gasteiger partial charge on any atom is -0.461 e. The Hall–Kier alpha value is -0.970. The third-order valence-electron chi connectivity index (χ3n) is 2.06. The summed E-state index contributed by atoms with van der Waals surface area (Å²) in [7, 11) is -3.46. The van der Waals surface area contributed by atoms with E-state index < -0.39 is 25.8 Å². The van der Waals surface area contributed by atoms with Crippen LogP contribution in [0.1, 0.15) is 26.7 Å². The molecular weight excluding hydrogens is 271 g/mol. The molecule has 0 aromatic carbocycles. The van der Waals surface area contributed by atoms with E-state index in [4.69, 9.17) is 13.8 Å². The van der Waals surface area contributed by atoms with Crippen molar-refractivity contribution in [2.24, 2.45) is 0 Å². The zero-order chi connectivity index (χ0) is 14.7.